The van der Waals surface area contributed by atoms with Gasteiger partial charge in [0.1, 0.15) is 11.6 Å². The molecule has 0 aliphatic rings. The van der Waals surface area contributed by atoms with Gasteiger partial charge in [-0.05, 0) is 22.6 Å². The number of carboxylic acid groups (broad SMARTS) is 1. The normalized spacial score (nSPS) is 12.4. The quantitative estimate of drug-likeness (QED) is 0.916. The van der Waals surface area contributed by atoms with Crippen molar-refractivity contribution in [3.63, 3.8) is 0 Å². The lowest BCUT2D eigenvalue weighted by Crippen LogP contribution is -2.18. The van der Waals surface area contributed by atoms with E-state index in [9.17, 15) is 13.6 Å². The van der Waals surface area contributed by atoms with E-state index < -0.39 is 29.1 Å². The van der Waals surface area contributed by atoms with Gasteiger partial charge in [0.15, 0.2) is 5.82 Å². The maximum Gasteiger partial charge on any atom is 0.308 e. The van der Waals surface area contributed by atoms with Crippen LogP contribution in [0.1, 0.15) is 6.92 Å². The number of hydrogen-bond donors (Lipinski definition) is 1. The lowest BCUT2D eigenvalue weighted by Gasteiger charge is -2.09. The van der Waals surface area contributed by atoms with E-state index in [0.29, 0.717) is 0 Å². The van der Waals surface area contributed by atoms with E-state index in [1.807, 2.05) is 0 Å². The first-order chi connectivity index (χ1) is 9.40. The maximum absolute atomic E-state index is 13.9. The van der Waals surface area contributed by atoms with Crippen molar-refractivity contribution in [2.75, 3.05) is 0 Å². The molecule has 9 heteroatoms. The highest BCUT2D eigenvalue weighted by Crippen LogP contribution is 2.27. The zero-order chi connectivity index (χ0) is 14.9. The van der Waals surface area contributed by atoms with Crippen LogP contribution in [0, 0.1) is 17.6 Å². The first-order valence-electron chi connectivity index (χ1n) is 5.54. The minimum Gasteiger partial charge on any atom is -0.481 e. The molecule has 0 aliphatic heterocycles. The number of benzene rings is 1. The van der Waals surface area contributed by atoms with Crippen molar-refractivity contribution in [3.05, 3.63) is 28.2 Å². The summed E-state index contributed by atoms with van der Waals surface area (Å²) >= 11 is 2.97. The highest BCUT2D eigenvalue weighted by atomic mass is 79.9. The molecule has 1 aromatic heterocycles. The first kappa shape index (κ1) is 14.5. The van der Waals surface area contributed by atoms with Crippen LogP contribution in [0.25, 0.3) is 11.4 Å². The molecule has 0 saturated carbocycles. The Morgan fingerprint density at radius 2 is 2.05 bits per heavy atom. The molecule has 0 fully saturated rings. The van der Waals surface area contributed by atoms with Gasteiger partial charge in [0.2, 0.25) is 0 Å². The van der Waals surface area contributed by atoms with Crippen molar-refractivity contribution in [2.45, 2.75) is 13.5 Å². The van der Waals surface area contributed by atoms with Gasteiger partial charge in [0, 0.05) is 4.47 Å². The number of carbonyl (C=O) groups is 1. The third-order valence-electron chi connectivity index (χ3n) is 2.63. The van der Waals surface area contributed by atoms with E-state index in [4.69, 9.17) is 5.11 Å². The van der Waals surface area contributed by atoms with E-state index in [1.165, 1.54) is 6.92 Å². The van der Waals surface area contributed by atoms with Gasteiger partial charge in [-0.3, -0.25) is 4.79 Å². The number of aromatic nitrogens is 4. The van der Waals surface area contributed by atoms with Gasteiger partial charge < -0.3 is 5.11 Å². The van der Waals surface area contributed by atoms with Crippen LogP contribution < -0.4 is 0 Å². The van der Waals surface area contributed by atoms with Gasteiger partial charge in [-0.25, -0.2) is 13.5 Å². The summed E-state index contributed by atoms with van der Waals surface area (Å²) < 4.78 is 29.0. The first-order valence-corrected chi connectivity index (χ1v) is 6.33. The molecule has 0 spiro atoms. The third kappa shape index (κ3) is 2.82. The van der Waals surface area contributed by atoms with Crippen LogP contribution in [0.2, 0.25) is 0 Å². The number of carboxylic acids is 1. The van der Waals surface area contributed by atoms with Crippen molar-refractivity contribution < 1.29 is 18.7 Å². The molecule has 1 atom stereocenters. The fraction of sp³-hybridized carbons (Fsp3) is 0.273. The summed E-state index contributed by atoms with van der Waals surface area (Å²) in [5, 5.41) is 19.3. The second-order valence-corrected chi connectivity index (χ2v) is 5.08. The molecular formula is C11H9BrF2N4O2. The lowest BCUT2D eigenvalue weighted by molar-refractivity contribution is -0.141. The molecule has 0 aliphatic carbocycles. The van der Waals surface area contributed by atoms with Gasteiger partial charge in [-0.15, -0.1) is 5.10 Å². The van der Waals surface area contributed by atoms with Crippen LogP contribution in [-0.2, 0) is 11.3 Å². The molecular weight excluding hydrogens is 338 g/mol. The summed E-state index contributed by atoms with van der Waals surface area (Å²) in [6.07, 6.45) is 0. The average Bonchev–Trinajstić information content (AvgIpc) is 2.75. The maximum atomic E-state index is 13.9. The zero-order valence-electron chi connectivity index (χ0n) is 10.2. The van der Waals surface area contributed by atoms with Crippen LogP contribution in [0.4, 0.5) is 8.78 Å². The Kier molecular flexibility index (Phi) is 4.07. The smallest absolute Gasteiger partial charge is 0.308 e. The van der Waals surface area contributed by atoms with Crippen LogP contribution in [0.3, 0.4) is 0 Å². The molecule has 1 N–H and O–H groups in total. The number of aliphatic carboxylic acids is 1. The number of rotatable bonds is 4. The summed E-state index contributed by atoms with van der Waals surface area (Å²) in [6.45, 7) is 1.36. The topological polar surface area (TPSA) is 80.9 Å². The molecule has 1 heterocycles. The fourth-order valence-corrected chi connectivity index (χ4v) is 2.00. The molecule has 1 unspecified atom stereocenters. The predicted octanol–water partition coefficient (Wildman–Crippen LogP) is 2.10. The monoisotopic (exact) mass is 346 g/mol. The van der Waals surface area contributed by atoms with E-state index in [1.54, 1.807) is 0 Å². The second-order valence-electron chi connectivity index (χ2n) is 4.17. The van der Waals surface area contributed by atoms with Gasteiger partial charge >= 0.3 is 5.97 Å². The SMILES string of the molecule is CC(Cn1nnnc1-c1c(F)cc(Br)cc1F)C(=O)O. The van der Waals surface area contributed by atoms with Crippen LogP contribution in [-0.4, -0.2) is 31.3 Å². The molecule has 1 aromatic carbocycles. The van der Waals surface area contributed by atoms with Crippen LogP contribution in [0.15, 0.2) is 16.6 Å². The van der Waals surface area contributed by atoms with Gasteiger partial charge in [-0.2, -0.15) is 0 Å². The van der Waals surface area contributed by atoms with Crippen molar-refractivity contribution in [2.24, 2.45) is 5.92 Å². The lowest BCUT2D eigenvalue weighted by atomic mass is 10.1. The summed E-state index contributed by atoms with van der Waals surface area (Å²) in [5.74, 6) is -3.67. The van der Waals surface area contributed by atoms with E-state index in [2.05, 4.69) is 31.5 Å². The molecule has 106 valence electrons. The number of nitrogens with zero attached hydrogens (tertiary/aromatic N) is 4. The van der Waals surface area contributed by atoms with E-state index in [0.717, 1.165) is 16.8 Å². The highest BCUT2D eigenvalue weighted by Gasteiger charge is 2.22. The standard InChI is InChI=1S/C11H9BrF2N4O2/c1-5(11(19)20)4-18-10(15-16-17-18)9-7(13)2-6(12)3-8(9)14/h2-3,5H,4H2,1H3,(H,19,20). The Morgan fingerprint density at radius 1 is 1.45 bits per heavy atom. The largest absolute Gasteiger partial charge is 0.481 e. The van der Waals surface area contributed by atoms with E-state index >= 15 is 0 Å². The van der Waals surface area contributed by atoms with Crippen molar-refractivity contribution in [1.29, 1.82) is 0 Å². The summed E-state index contributed by atoms with van der Waals surface area (Å²) in [5.41, 5.74) is -0.393. The predicted molar refractivity (Wildman–Crippen MR) is 67.7 cm³/mol. The Balaban J connectivity index is 2.45. The molecule has 20 heavy (non-hydrogen) atoms. The second kappa shape index (κ2) is 5.61. The molecule has 0 saturated heterocycles. The Hall–Kier alpha value is -1.90. The van der Waals surface area contributed by atoms with Crippen LogP contribution in [0.5, 0.6) is 0 Å². The highest BCUT2D eigenvalue weighted by molar-refractivity contribution is 9.10. The van der Waals surface area contributed by atoms with Crippen molar-refractivity contribution in [3.8, 4) is 11.4 Å². The van der Waals surface area contributed by atoms with Gasteiger partial charge in [0.05, 0.1) is 18.0 Å². The zero-order valence-corrected chi connectivity index (χ0v) is 11.8. The average molecular weight is 347 g/mol. The Labute approximate surface area is 120 Å². The summed E-state index contributed by atoms with van der Waals surface area (Å²) in [6, 6.07) is 2.16. The minimum atomic E-state index is -1.05. The molecule has 2 rings (SSSR count). The molecule has 6 nitrogen and oxygen atoms in total. The number of tetrazole rings is 1. The van der Waals surface area contributed by atoms with Gasteiger partial charge in [-0.1, -0.05) is 22.9 Å². The third-order valence-corrected chi connectivity index (χ3v) is 3.09. The molecule has 2 aromatic rings. The van der Waals surface area contributed by atoms with Crippen LogP contribution >= 0.6 is 15.9 Å². The molecule has 0 amide bonds. The fourth-order valence-electron chi connectivity index (χ4n) is 1.60. The minimum absolute atomic E-state index is 0.0907. The van der Waals surface area contributed by atoms with E-state index in [-0.39, 0.29) is 16.8 Å². The number of halogens is 3. The van der Waals surface area contributed by atoms with Gasteiger partial charge in [0.25, 0.3) is 0 Å². The Morgan fingerprint density at radius 3 is 2.60 bits per heavy atom. The molecule has 0 radical (unpaired) electrons. The summed E-state index contributed by atoms with van der Waals surface area (Å²) in [7, 11) is 0. The summed E-state index contributed by atoms with van der Waals surface area (Å²) in [4.78, 5) is 10.8. The Bertz CT molecular complexity index is 639. The van der Waals surface area contributed by atoms with Crippen molar-refractivity contribution in [1.82, 2.24) is 20.2 Å². The molecule has 0 bridgehead atoms. The van der Waals surface area contributed by atoms with Crippen molar-refractivity contribution >= 4 is 21.9 Å². The number of hydrogen-bond acceptors (Lipinski definition) is 4.